The number of hydrogen-bond donors (Lipinski definition) is 1. The van der Waals surface area contributed by atoms with Crippen molar-refractivity contribution in [1.29, 1.82) is 0 Å². The van der Waals surface area contributed by atoms with Crippen molar-refractivity contribution in [3.63, 3.8) is 0 Å². The van der Waals surface area contributed by atoms with Crippen LogP contribution in [0.15, 0.2) is 35.6 Å². The zero-order valence-electron chi connectivity index (χ0n) is 18.2. The van der Waals surface area contributed by atoms with E-state index < -0.39 is 11.8 Å². The zero-order chi connectivity index (χ0) is 21.6. The highest BCUT2D eigenvalue weighted by Crippen LogP contribution is 2.47. The maximum Gasteiger partial charge on any atom is 0.163 e. The van der Waals surface area contributed by atoms with E-state index in [2.05, 4.69) is 6.92 Å². The van der Waals surface area contributed by atoms with E-state index >= 15 is 0 Å². The lowest BCUT2D eigenvalue weighted by Gasteiger charge is -2.39. The van der Waals surface area contributed by atoms with Gasteiger partial charge >= 0.3 is 0 Å². The SMILES string of the molecule is CCc1ccc([C@H](C2=C(O)CC(C)(C)CC2=O)C2C(=O)CC(C)(C)CC2=O)cc1. The molecule has 0 bridgehead atoms. The Hall–Kier alpha value is -2.23. The summed E-state index contributed by atoms with van der Waals surface area (Å²) in [5.41, 5.74) is 1.47. The van der Waals surface area contributed by atoms with Crippen LogP contribution in [-0.2, 0) is 20.8 Å². The van der Waals surface area contributed by atoms with Crippen LogP contribution in [0, 0.1) is 16.7 Å². The Bertz CT molecular complexity index is 851. The number of rotatable bonds is 4. The lowest BCUT2D eigenvalue weighted by Crippen LogP contribution is -2.43. The molecule has 4 nitrogen and oxygen atoms in total. The molecule has 0 saturated heterocycles. The number of allylic oxidation sites excluding steroid dienone is 2. The van der Waals surface area contributed by atoms with Crippen LogP contribution in [-0.4, -0.2) is 22.5 Å². The summed E-state index contributed by atoms with van der Waals surface area (Å²) in [6.45, 7) is 9.80. The molecule has 0 radical (unpaired) electrons. The minimum Gasteiger partial charge on any atom is -0.512 e. The van der Waals surface area contributed by atoms with E-state index in [1.807, 2.05) is 52.0 Å². The predicted molar refractivity (Wildman–Crippen MR) is 113 cm³/mol. The maximum absolute atomic E-state index is 13.1. The summed E-state index contributed by atoms with van der Waals surface area (Å²) in [5, 5.41) is 10.8. The molecular formula is C25H32O4. The lowest BCUT2D eigenvalue weighted by atomic mass is 9.62. The second-order valence-electron chi connectivity index (χ2n) is 10.3. The maximum atomic E-state index is 13.1. The third-order valence-corrected chi connectivity index (χ3v) is 6.29. The molecule has 1 aromatic carbocycles. The molecule has 0 aromatic heterocycles. The second kappa shape index (κ2) is 7.55. The van der Waals surface area contributed by atoms with Crippen molar-refractivity contribution in [1.82, 2.24) is 0 Å². The molecule has 1 aromatic rings. The molecular weight excluding hydrogens is 364 g/mol. The molecule has 0 aliphatic heterocycles. The van der Waals surface area contributed by atoms with Crippen LogP contribution in [0.25, 0.3) is 0 Å². The fraction of sp³-hybridized carbons (Fsp3) is 0.560. The van der Waals surface area contributed by atoms with Crippen molar-refractivity contribution in [2.75, 3.05) is 0 Å². The predicted octanol–water partition coefficient (Wildman–Crippen LogP) is 5.11. The summed E-state index contributed by atoms with van der Waals surface area (Å²) >= 11 is 0. The Morgan fingerprint density at radius 2 is 1.41 bits per heavy atom. The van der Waals surface area contributed by atoms with Crippen molar-refractivity contribution in [2.45, 2.75) is 72.6 Å². The fourth-order valence-corrected chi connectivity index (χ4v) is 4.92. The van der Waals surface area contributed by atoms with Crippen molar-refractivity contribution in [2.24, 2.45) is 16.7 Å². The summed E-state index contributed by atoms with van der Waals surface area (Å²) in [6.07, 6.45) is 2.16. The van der Waals surface area contributed by atoms with E-state index in [4.69, 9.17) is 0 Å². The van der Waals surface area contributed by atoms with Gasteiger partial charge < -0.3 is 5.11 Å². The van der Waals surface area contributed by atoms with Crippen LogP contribution in [0.2, 0.25) is 0 Å². The van der Waals surface area contributed by atoms with Crippen molar-refractivity contribution in [3.8, 4) is 0 Å². The van der Waals surface area contributed by atoms with Crippen LogP contribution >= 0.6 is 0 Å². The quantitative estimate of drug-likeness (QED) is 0.718. The highest BCUT2D eigenvalue weighted by atomic mass is 16.3. The van der Waals surface area contributed by atoms with Gasteiger partial charge in [0.2, 0.25) is 0 Å². The van der Waals surface area contributed by atoms with E-state index in [1.165, 1.54) is 0 Å². The number of ketones is 3. The van der Waals surface area contributed by atoms with Gasteiger partial charge in [-0.15, -0.1) is 0 Å². The monoisotopic (exact) mass is 396 g/mol. The van der Waals surface area contributed by atoms with Gasteiger partial charge in [0.25, 0.3) is 0 Å². The number of aliphatic hydroxyl groups is 1. The number of carbonyl (C=O) groups is 3. The van der Waals surface area contributed by atoms with Crippen LogP contribution in [0.1, 0.15) is 77.3 Å². The number of Topliss-reactive ketones (excluding diaryl/α,β-unsaturated/α-hetero) is 3. The van der Waals surface area contributed by atoms with Crippen molar-refractivity contribution >= 4 is 17.3 Å². The van der Waals surface area contributed by atoms with Gasteiger partial charge in [0.05, 0.1) is 5.92 Å². The molecule has 0 heterocycles. The summed E-state index contributed by atoms with van der Waals surface area (Å²) in [4.78, 5) is 39.3. The average Bonchev–Trinajstić information content (AvgIpc) is 2.57. The molecule has 0 amide bonds. The number of hydrogen-bond acceptors (Lipinski definition) is 4. The molecule has 0 unspecified atom stereocenters. The van der Waals surface area contributed by atoms with Gasteiger partial charge in [-0.25, -0.2) is 0 Å². The van der Waals surface area contributed by atoms with E-state index in [0.717, 1.165) is 17.5 Å². The summed E-state index contributed by atoms with van der Waals surface area (Å²) in [7, 11) is 0. The van der Waals surface area contributed by atoms with Crippen molar-refractivity contribution in [3.05, 3.63) is 46.7 Å². The zero-order valence-corrected chi connectivity index (χ0v) is 18.2. The Kier molecular flexibility index (Phi) is 5.59. The molecule has 2 aliphatic carbocycles. The Morgan fingerprint density at radius 3 is 1.90 bits per heavy atom. The van der Waals surface area contributed by atoms with Crippen molar-refractivity contribution < 1.29 is 19.5 Å². The first-order valence-electron chi connectivity index (χ1n) is 10.5. The summed E-state index contributed by atoms with van der Waals surface area (Å²) in [6, 6.07) is 7.74. The van der Waals surface area contributed by atoms with Gasteiger partial charge in [0, 0.05) is 37.2 Å². The van der Waals surface area contributed by atoms with Crippen LogP contribution in [0.5, 0.6) is 0 Å². The molecule has 1 N–H and O–H groups in total. The molecule has 1 saturated carbocycles. The van der Waals surface area contributed by atoms with Gasteiger partial charge in [-0.1, -0.05) is 58.9 Å². The number of aliphatic hydroxyl groups excluding tert-OH is 1. The molecule has 4 heteroatoms. The van der Waals surface area contributed by atoms with E-state index in [0.29, 0.717) is 25.7 Å². The minimum absolute atomic E-state index is 0.0289. The number of aryl methyl sites for hydroxylation is 1. The molecule has 1 atom stereocenters. The molecule has 1 fully saturated rings. The molecule has 2 aliphatic rings. The van der Waals surface area contributed by atoms with E-state index in [1.54, 1.807) is 0 Å². The molecule has 0 spiro atoms. The molecule has 29 heavy (non-hydrogen) atoms. The third kappa shape index (κ3) is 4.36. The highest BCUT2D eigenvalue weighted by molar-refractivity contribution is 6.09. The number of benzene rings is 1. The summed E-state index contributed by atoms with van der Waals surface area (Å²) in [5.74, 6) is -2.00. The normalized spacial score (nSPS) is 23.4. The number of carbonyl (C=O) groups excluding carboxylic acids is 3. The van der Waals surface area contributed by atoms with E-state index in [9.17, 15) is 19.5 Å². The van der Waals surface area contributed by atoms with Gasteiger partial charge in [0.1, 0.15) is 17.3 Å². The van der Waals surface area contributed by atoms with Crippen LogP contribution < -0.4 is 0 Å². The Morgan fingerprint density at radius 1 is 0.897 bits per heavy atom. The minimum atomic E-state index is -0.905. The standard InChI is InChI=1S/C25H32O4/c1-6-15-7-9-16(10-8-15)21(22-17(26)11-24(2,3)12-18(22)27)23-19(28)13-25(4,5)14-20(23)29/h7-10,21-22,28H,6,11-14H2,1-5H3/t21-/m0/s1. The first kappa shape index (κ1) is 21.5. The second-order valence-corrected chi connectivity index (χ2v) is 10.3. The van der Waals surface area contributed by atoms with Gasteiger partial charge in [-0.3, -0.25) is 14.4 Å². The largest absolute Gasteiger partial charge is 0.512 e. The van der Waals surface area contributed by atoms with Gasteiger partial charge in [0.15, 0.2) is 5.78 Å². The Labute approximate surface area is 173 Å². The van der Waals surface area contributed by atoms with Crippen LogP contribution in [0.3, 0.4) is 0 Å². The molecule has 3 rings (SSSR count). The third-order valence-electron chi connectivity index (χ3n) is 6.29. The lowest BCUT2D eigenvalue weighted by molar-refractivity contribution is -0.140. The first-order chi connectivity index (χ1) is 13.4. The fourth-order valence-electron chi connectivity index (χ4n) is 4.92. The average molecular weight is 397 g/mol. The topological polar surface area (TPSA) is 71.4 Å². The van der Waals surface area contributed by atoms with Crippen LogP contribution in [0.4, 0.5) is 0 Å². The Balaban J connectivity index is 2.14. The first-order valence-corrected chi connectivity index (χ1v) is 10.5. The van der Waals surface area contributed by atoms with E-state index in [-0.39, 0.29) is 39.5 Å². The summed E-state index contributed by atoms with van der Waals surface area (Å²) < 4.78 is 0. The smallest absolute Gasteiger partial charge is 0.163 e. The highest BCUT2D eigenvalue weighted by Gasteiger charge is 2.48. The van der Waals surface area contributed by atoms with Gasteiger partial charge in [-0.05, 0) is 28.4 Å². The molecule has 156 valence electrons. The van der Waals surface area contributed by atoms with Gasteiger partial charge in [-0.2, -0.15) is 0 Å².